The van der Waals surface area contributed by atoms with E-state index in [0.29, 0.717) is 11.8 Å². The first-order valence-electron chi connectivity index (χ1n) is 5.90. The van der Waals surface area contributed by atoms with Crippen molar-refractivity contribution < 1.29 is 9.53 Å². The summed E-state index contributed by atoms with van der Waals surface area (Å²) in [5.74, 6) is 2.24. The van der Waals surface area contributed by atoms with Crippen molar-refractivity contribution in [1.82, 2.24) is 10.2 Å². The number of rotatable bonds is 2. The Hall–Kier alpha value is -1.07. The van der Waals surface area contributed by atoms with Crippen molar-refractivity contribution >= 4 is 17.2 Å². The van der Waals surface area contributed by atoms with Crippen LogP contribution in [0.3, 0.4) is 0 Å². The van der Waals surface area contributed by atoms with Crippen LogP contribution in [-0.4, -0.2) is 44.1 Å². The fraction of sp³-hybridized carbons (Fsp3) is 0.583. The van der Waals surface area contributed by atoms with Crippen LogP contribution in [0.5, 0.6) is 5.75 Å². The van der Waals surface area contributed by atoms with Gasteiger partial charge >= 0.3 is 0 Å². The third kappa shape index (κ3) is 1.93. The Morgan fingerprint density at radius 2 is 2.18 bits per heavy atom. The monoisotopic (exact) mass is 252 g/mol. The highest BCUT2D eigenvalue weighted by atomic mass is 32.1. The molecule has 92 valence electrons. The van der Waals surface area contributed by atoms with Crippen LogP contribution in [0.2, 0.25) is 0 Å². The highest BCUT2D eigenvalue weighted by molar-refractivity contribution is 7.12. The summed E-state index contributed by atoms with van der Waals surface area (Å²) in [5, 5.41) is 5.26. The van der Waals surface area contributed by atoms with E-state index in [1.54, 1.807) is 7.11 Å². The second-order valence-corrected chi connectivity index (χ2v) is 5.65. The van der Waals surface area contributed by atoms with Gasteiger partial charge in [-0.05, 0) is 11.8 Å². The summed E-state index contributed by atoms with van der Waals surface area (Å²) in [7, 11) is 1.63. The Morgan fingerprint density at radius 3 is 2.76 bits per heavy atom. The Bertz CT molecular complexity index is 420. The molecule has 0 aliphatic carbocycles. The number of fused-ring (bicyclic) bond motifs is 1. The molecule has 1 amide bonds. The number of nitrogens with one attached hydrogen (secondary N) is 1. The van der Waals surface area contributed by atoms with E-state index in [1.807, 2.05) is 16.3 Å². The van der Waals surface area contributed by atoms with Gasteiger partial charge in [-0.15, -0.1) is 11.3 Å². The number of thiophene rings is 1. The minimum absolute atomic E-state index is 0.160. The molecule has 2 aliphatic heterocycles. The lowest BCUT2D eigenvalue weighted by Crippen LogP contribution is -2.31. The summed E-state index contributed by atoms with van der Waals surface area (Å²) in [5.41, 5.74) is 0. The molecule has 4 nitrogen and oxygen atoms in total. The normalized spacial score (nSPS) is 27.2. The number of likely N-dealkylation sites (tertiary alicyclic amines) is 1. The maximum atomic E-state index is 12.3. The van der Waals surface area contributed by atoms with Crippen LogP contribution in [0.1, 0.15) is 9.67 Å². The molecule has 2 aliphatic rings. The molecule has 0 bridgehead atoms. The number of ether oxygens (including phenoxy) is 1. The Morgan fingerprint density at radius 1 is 1.47 bits per heavy atom. The van der Waals surface area contributed by atoms with Gasteiger partial charge in [0.2, 0.25) is 0 Å². The second kappa shape index (κ2) is 4.31. The number of amides is 1. The number of methoxy groups -OCH3 is 1. The van der Waals surface area contributed by atoms with E-state index in [-0.39, 0.29) is 5.91 Å². The summed E-state index contributed by atoms with van der Waals surface area (Å²) in [6.07, 6.45) is 0. The van der Waals surface area contributed by atoms with Crippen LogP contribution in [0.15, 0.2) is 11.4 Å². The van der Waals surface area contributed by atoms with Crippen molar-refractivity contribution in [2.45, 2.75) is 0 Å². The molecule has 3 heterocycles. The minimum Gasteiger partial charge on any atom is -0.496 e. The third-order valence-corrected chi connectivity index (χ3v) is 4.60. The van der Waals surface area contributed by atoms with E-state index in [2.05, 4.69) is 5.32 Å². The molecule has 2 fully saturated rings. The Kier molecular flexibility index (Phi) is 2.80. The lowest BCUT2D eigenvalue weighted by molar-refractivity contribution is 0.0786. The molecule has 0 saturated carbocycles. The minimum atomic E-state index is 0.160. The first-order valence-corrected chi connectivity index (χ1v) is 6.78. The zero-order valence-electron chi connectivity index (χ0n) is 9.81. The van der Waals surface area contributed by atoms with Crippen molar-refractivity contribution in [2.24, 2.45) is 11.8 Å². The molecule has 0 spiro atoms. The molecule has 0 radical (unpaired) electrons. The van der Waals surface area contributed by atoms with Crippen LogP contribution in [0.4, 0.5) is 0 Å². The predicted molar refractivity (Wildman–Crippen MR) is 66.6 cm³/mol. The quantitative estimate of drug-likeness (QED) is 0.855. The van der Waals surface area contributed by atoms with Crippen molar-refractivity contribution in [3.8, 4) is 5.75 Å². The van der Waals surface area contributed by atoms with Gasteiger partial charge in [0.1, 0.15) is 5.75 Å². The molecule has 1 N–H and O–H groups in total. The van der Waals surface area contributed by atoms with E-state index in [9.17, 15) is 4.79 Å². The van der Waals surface area contributed by atoms with Crippen LogP contribution < -0.4 is 10.1 Å². The van der Waals surface area contributed by atoms with Gasteiger partial charge in [-0.3, -0.25) is 4.79 Å². The molecule has 1 aromatic rings. The molecule has 2 saturated heterocycles. The summed E-state index contributed by atoms with van der Waals surface area (Å²) in [6, 6.07) is 1.83. The number of carbonyl (C=O) groups excluding carboxylic acids is 1. The topological polar surface area (TPSA) is 41.6 Å². The Labute approximate surface area is 105 Å². The van der Waals surface area contributed by atoms with Gasteiger partial charge in [-0.1, -0.05) is 0 Å². The van der Waals surface area contributed by atoms with Crippen molar-refractivity contribution in [1.29, 1.82) is 0 Å². The molecular formula is C12H16N2O2S. The summed E-state index contributed by atoms with van der Waals surface area (Å²) < 4.78 is 5.11. The molecule has 0 aromatic carbocycles. The second-order valence-electron chi connectivity index (χ2n) is 4.74. The fourth-order valence-electron chi connectivity index (χ4n) is 2.72. The molecule has 1 aromatic heterocycles. The van der Waals surface area contributed by atoms with Gasteiger partial charge < -0.3 is 15.0 Å². The van der Waals surface area contributed by atoms with Gasteiger partial charge in [0.15, 0.2) is 0 Å². The number of nitrogens with zero attached hydrogens (tertiary/aromatic N) is 1. The molecule has 2 unspecified atom stereocenters. The van der Waals surface area contributed by atoms with Crippen LogP contribution in [0.25, 0.3) is 0 Å². The largest absolute Gasteiger partial charge is 0.496 e. The lowest BCUT2D eigenvalue weighted by Gasteiger charge is -2.16. The number of carbonyl (C=O) groups is 1. The van der Waals surface area contributed by atoms with Crippen molar-refractivity contribution in [2.75, 3.05) is 33.3 Å². The average molecular weight is 252 g/mol. The van der Waals surface area contributed by atoms with E-state index < -0.39 is 0 Å². The zero-order valence-corrected chi connectivity index (χ0v) is 10.6. The van der Waals surface area contributed by atoms with Gasteiger partial charge in [0.25, 0.3) is 5.91 Å². The summed E-state index contributed by atoms with van der Waals surface area (Å²) in [6.45, 7) is 3.91. The fourth-order valence-corrected chi connectivity index (χ4v) is 3.54. The van der Waals surface area contributed by atoms with Crippen molar-refractivity contribution in [3.05, 3.63) is 16.3 Å². The van der Waals surface area contributed by atoms with E-state index >= 15 is 0 Å². The highest BCUT2D eigenvalue weighted by Gasteiger charge is 2.38. The molecular weight excluding hydrogens is 236 g/mol. The predicted octanol–water partition coefficient (Wildman–Crippen LogP) is 1.05. The van der Waals surface area contributed by atoms with Gasteiger partial charge in [0.05, 0.1) is 12.0 Å². The average Bonchev–Trinajstić information content (AvgIpc) is 3.02. The third-order valence-electron chi connectivity index (χ3n) is 3.70. The molecule has 2 atom stereocenters. The molecule has 3 rings (SSSR count). The molecule has 17 heavy (non-hydrogen) atoms. The van der Waals surface area contributed by atoms with E-state index in [0.717, 1.165) is 36.8 Å². The van der Waals surface area contributed by atoms with Crippen LogP contribution in [-0.2, 0) is 0 Å². The van der Waals surface area contributed by atoms with Crippen LogP contribution >= 0.6 is 11.3 Å². The highest BCUT2D eigenvalue weighted by Crippen LogP contribution is 2.29. The summed E-state index contributed by atoms with van der Waals surface area (Å²) >= 11 is 1.47. The molecule has 5 heteroatoms. The van der Waals surface area contributed by atoms with Crippen molar-refractivity contribution in [3.63, 3.8) is 0 Å². The smallest absolute Gasteiger partial charge is 0.264 e. The SMILES string of the molecule is COc1csc(C(=O)N2CC3CNCC3C2)c1. The first-order chi connectivity index (χ1) is 8.28. The number of hydrogen-bond donors (Lipinski definition) is 1. The lowest BCUT2D eigenvalue weighted by atomic mass is 10.0. The maximum Gasteiger partial charge on any atom is 0.264 e. The zero-order chi connectivity index (χ0) is 11.8. The first kappa shape index (κ1) is 11.0. The summed E-state index contributed by atoms with van der Waals surface area (Å²) in [4.78, 5) is 15.0. The van der Waals surface area contributed by atoms with Gasteiger partial charge in [-0.25, -0.2) is 0 Å². The van der Waals surface area contributed by atoms with E-state index in [4.69, 9.17) is 4.74 Å². The van der Waals surface area contributed by atoms with Gasteiger partial charge in [0, 0.05) is 37.6 Å². The maximum absolute atomic E-state index is 12.3. The van der Waals surface area contributed by atoms with E-state index in [1.165, 1.54) is 11.3 Å². The Balaban J connectivity index is 1.70. The number of hydrogen-bond acceptors (Lipinski definition) is 4. The van der Waals surface area contributed by atoms with Gasteiger partial charge in [-0.2, -0.15) is 0 Å². The van der Waals surface area contributed by atoms with Crippen LogP contribution in [0, 0.1) is 11.8 Å². The standard InChI is InChI=1S/C12H16N2O2S/c1-16-10-2-11(17-7-10)12(15)14-5-8-3-13-4-9(8)6-14/h2,7-9,13H,3-6H2,1H3.